The molecule has 2 rings (SSSR count). The maximum Gasteiger partial charge on any atom is 0.173 e. The minimum atomic E-state index is -0.465. The Bertz CT molecular complexity index is 485. The van der Waals surface area contributed by atoms with Crippen LogP contribution in [0.1, 0.15) is 24.5 Å². The number of hydrogen-bond acceptors (Lipinski definition) is 4. The third kappa shape index (κ3) is 3.02. The van der Waals surface area contributed by atoms with Crippen molar-refractivity contribution in [1.29, 1.82) is 0 Å². The Morgan fingerprint density at radius 1 is 1.63 bits per heavy atom. The summed E-state index contributed by atoms with van der Waals surface area (Å²) in [6, 6.07) is 4.84. The van der Waals surface area contributed by atoms with Crippen molar-refractivity contribution < 1.29 is 14.3 Å². The van der Waals surface area contributed by atoms with Crippen molar-refractivity contribution in [1.82, 2.24) is 5.32 Å². The van der Waals surface area contributed by atoms with E-state index in [1.54, 1.807) is 12.1 Å². The molecule has 1 aliphatic rings. The number of amidine groups is 1. The molecule has 104 valence electrons. The molecule has 0 spiro atoms. The minimum Gasteiger partial charge on any atom is -0.409 e. The summed E-state index contributed by atoms with van der Waals surface area (Å²) in [4.78, 5) is 0. The average Bonchev–Trinajstić information content (AvgIpc) is 2.84. The second kappa shape index (κ2) is 5.54. The van der Waals surface area contributed by atoms with Crippen LogP contribution >= 0.6 is 0 Å². The van der Waals surface area contributed by atoms with Gasteiger partial charge in [0.05, 0.1) is 12.2 Å². The number of hydrogen-bond donors (Lipinski definition) is 3. The van der Waals surface area contributed by atoms with E-state index in [0.29, 0.717) is 18.7 Å². The van der Waals surface area contributed by atoms with Crippen LogP contribution in [0.25, 0.3) is 0 Å². The Balaban J connectivity index is 2.12. The lowest BCUT2D eigenvalue weighted by Crippen LogP contribution is -2.42. The fraction of sp³-hybridized carbons (Fsp3) is 0.462. The summed E-state index contributed by atoms with van der Waals surface area (Å²) in [6.07, 6.45) is 0.897. The van der Waals surface area contributed by atoms with Gasteiger partial charge in [0, 0.05) is 24.3 Å². The highest BCUT2D eigenvalue weighted by Gasteiger charge is 2.29. The number of nitrogens with two attached hydrogens (primary N) is 1. The largest absolute Gasteiger partial charge is 0.409 e. The van der Waals surface area contributed by atoms with Crippen molar-refractivity contribution in [2.24, 2.45) is 10.9 Å². The number of oxime groups is 1. The van der Waals surface area contributed by atoms with Gasteiger partial charge in [-0.25, -0.2) is 4.39 Å². The molecule has 1 unspecified atom stereocenters. The zero-order valence-electron chi connectivity index (χ0n) is 10.8. The van der Waals surface area contributed by atoms with Gasteiger partial charge in [-0.15, -0.1) is 0 Å². The average molecular weight is 267 g/mol. The first-order chi connectivity index (χ1) is 9.06. The topological polar surface area (TPSA) is 79.9 Å². The van der Waals surface area contributed by atoms with Crippen LogP contribution < -0.4 is 11.1 Å². The number of benzene rings is 1. The van der Waals surface area contributed by atoms with Gasteiger partial charge in [-0.3, -0.25) is 0 Å². The van der Waals surface area contributed by atoms with Gasteiger partial charge >= 0.3 is 0 Å². The molecule has 0 aromatic heterocycles. The van der Waals surface area contributed by atoms with Gasteiger partial charge in [0.2, 0.25) is 0 Å². The summed E-state index contributed by atoms with van der Waals surface area (Å²) in [7, 11) is 0. The molecule has 6 heteroatoms. The van der Waals surface area contributed by atoms with Crippen LogP contribution in [-0.2, 0) is 11.3 Å². The molecule has 1 fully saturated rings. The van der Waals surface area contributed by atoms with Gasteiger partial charge in [-0.05, 0) is 19.4 Å². The molecule has 1 aromatic rings. The molecule has 1 atom stereocenters. The summed E-state index contributed by atoms with van der Waals surface area (Å²) in [5.41, 5.74) is 5.89. The maximum absolute atomic E-state index is 14.2. The zero-order valence-corrected chi connectivity index (χ0v) is 10.8. The number of nitrogens with one attached hydrogen (secondary N) is 1. The van der Waals surface area contributed by atoms with Gasteiger partial charge in [0.1, 0.15) is 5.82 Å². The Morgan fingerprint density at radius 3 is 3.05 bits per heavy atom. The molecular formula is C13H18FN3O2. The van der Waals surface area contributed by atoms with Crippen molar-refractivity contribution >= 4 is 5.84 Å². The fourth-order valence-corrected chi connectivity index (χ4v) is 2.08. The van der Waals surface area contributed by atoms with Crippen molar-refractivity contribution in [3.63, 3.8) is 0 Å². The third-order valence-electron chi connectivity index (χ3n) is 3.39. The van der Waals surface area contributed by atoms with Crippen LogP contribution in [0.2, 0.25) is 0 Å². The molecular weight excluding hydrogens is 249 g/mol. The summed E-state index contributed by atoms with van der Waals surface area (Å²) < 4.78 is 19.5. The van der Waals surface area contributed by atoms with E-state index >= 15 is 0 Å². The summed E-state index contributed by atoms with van der Waals surface area (Å²) in [6.45, 7) is 3.76. The SMILES string of the molecule is CC1(NCc2cccc(/C(N)=N/O)c2F)CCOC1. The van der Waals surface area contributed by atoms with Crippen LogP contribution in [-0.4, -0.2) is 29.8 Å². The van der Waals surface area contributed by atoms with Gasteiger partial charge in [-0.1, -0.05) is 17.3 Å². The molecule has 0 aliphatic carbocycles. The summed E-state index contributed by atoms with van der Waals surface area (Å²) in [5.74, 6) is -0.692. The molecule has 19 heavy (non-hydrogen) atoms. The Morgan fingerprint density at radius 2 is 2.42 bits per heavy atom. The second-order valence-corrected chi connectivity index (χ2v) is 4.98. The molecule has 1 aliphatic heterocycles. The highest BCUT2D eigenvalue weighted by molar-refractivity contribution is 5.97. The highest BCUT2D eigenvalue weighted by atomic mass is 19.1. The van der Waals surface area contributed by atoms with Crippen LogP contribution in [0.4, 0.5) is 4.39 Å². The van der Waals surface area contributed by atoms with Gasteiger partial charge in [0.25, 0.3) is 0 Å². The summed E-state index contributed by atoms with van der Waals surface area (Å²) >= 11 is 0. The molecule has 0 amide bonds. The van der Waals surface area contributed by atoms with E-state index in [9.17, 15) is 4.39 Å². The predicted octanol–water partition coefficient (Wildman–Crippen LogP) is 1.19. The predicted molar refractivity (Wildman–Crippen MR) is 69.6 cm³/mol. The van der Waals surface area contributed by atoms with Crippen molar-refractivity contribution in [3.8, 4) is 0 Å². The molecule has 5 nitrogen and oxygen atoms in total. The van der Waals surface area contributed by atoms with Gasteiger partial charge in [-0.2, -0.15) is 0 Å². The molecule has 1 aromatic carbocycles. The lowest BCUT2D eigenvalue weighted by molar-refractivity contribution is 0.171. The molecule has 0 bridgehead atoms. The number of halogens is 1. The highest BCUT2D eigenvalue weighted by Crippen LogP contribution is 2.19. The first-order valence-corrected chi connectivity index (χ1v) is 6.14. The van der Waals surface area contributed by atoms with Crippen LogP contribution in [0.3, 0.4) is 0 Å². The number of rotatable bonds is 4. The zero-order chi connectivity index (χ0) is 13.9. The van der Waals surface area contributed by atoms with E-state index in [2.05, 4.69) is 10.5 Å². The first kappa shape index (κ1) is 13.8. The lowest BCUT2D eigenvalue weighted by Gasteiger charge is -2.24. The van der Waals surface area contributed by atoms with Crippen molar-refractivity contribution in [3.05, 3.63) is 35.1 Å². The van der Waals surface area contributed by atoms with E-state index in [1.807, 2.05) is 6.92 Å². The van der Waals surface area contributed by atoms with Gasteiger partial charge < -0.3 is 21.0 Å². The second-order valence-electron chi connectivity index (χ2n) is 4.98. The van der Waals surface area contributed by atoms with E-state index in [1.165, 1.54) is 6.07 Å². The van der Waals surface area contributed by atoms with Crippen molar-refractivity contribution in [2.45, 2.75) is 25.4 Å². The fourth-order valence-electron chi connectivity index (χ4n) is 2.08. The quantitative estimate of drug-likeness (QED) is 0.331. The third-order valence-corrected chi connectivity index (χ3v) is 3.39. The first-order valence-electron chi connectivity index (χ1n) is 6.14. The number of nitrogens with zero attached hydrogens (tertiary/aromatic N) is 1. The van der Waals surface area contributed by atoms with E-state index in [-0.39, 0.29) is 16.9 Å². The molecule has 1 saturated heterocycles. The van der Waals surface area contributed by atoms with Crippen LogP contribution in [0, 0.1) is 5.82 Å². The minimum absolute atomic E-state index is 0.106. The Kier molecular flexibility index (Phi) is 4.01. The molecule has 0 saturated carbocycles. The van der Waals surface area contributed by atoms with Crippen LogP contribution in [0.5, 0.6) is 0 Å². The lowest BCUT2D eigenvalue weighted by atomic mass is 10.0. The summed E-state index contributed by atoms with van der Waals surface area (Å²) in [5, 5.41) is 14.7. The molecule has 4 N–H and O–H groups in total. The number of ether oxygens (including phenoxy) is 1. The van der Waals surface area contributed by atoms with Gasteiger partial charge in [0.15, 0.2) is 5.84 Å². The van der Waals surface area contributed by atoms with E-state index < -0.39 is 5.82 Å². The smallest absolute Gasteiger partial charge is 0.173 e. The van der Waals surface area contributed by atoms with Crippen LogP contribution in [0.15, 0.2) is 23.4 Å². The Labute approximate surface area is 111 Å². The molecule has 1 heterocycles. The van der Waals surface area contributed by atoms with Crippen molar-refractivity contribution in [2.75, 3.05) is 13.2 Å². The van der Waals surface area contributed by atoms with E-state index in [0.717, 1.165) is 13.0 Å². The normalized spacial score (nSPS) is 23.8. The maximum atomic E-state index is 14.2. The standard InChI is InChI=1S/C13H18FN3O2/c1-13(5-6-19-8-13)16-7-9-3-2-4-10(11(9)14)12(15)17-18/h2-4,16,18H,5-8H2,1H3,(H2,15,17). The van der Waals surface area contributed by atoms with E-state index in [4.69, 9.17) is 15.7 Å². The molecule has 0 radical (unpaired) electrons. The monoisotopic (exact) mass is 267 g/mol. The Hall–Kier alpha value is -1.66.